The number of rotatable bonds is 1. The third-order valence-electron chi connectivity index (χ3n) is 2.59. The van der Waals surface area contributed by atoms with Crippen LogP contribution >= 0.6 is 0 Å². The molecule has 1 atom stereocenters. The second kappa shape index (κ2) is 3.97. The third-order valence-corrected chi connectivity index (χ3v) is 2.59. The van der Waals surface area contributed by atoms with Crippen molar-refractivity contribution in [2.75, 3.05) is 13.1 Å². The van der Waals surface area contributed by atoms with Gasteiger partial charge in [-0.1, -0.05) is 0 Å². The second-order valence-corrected chi connectivity index (χ2v) is 3.92. The average molecular weight is 223 g/mol. The van der Waals surface area contributed by atoms with E-state index >= 15 is 0 Å². The fraction of sp³-hybridized carbons (Fsp3) is 0.400. The van der Waals surface area contributed by atoms with E-state index in [9.17, 15) is 14.7 Å². The Morgan fingerprint density at radius 3 is 2.88 bits per heavy atom. The smallest absolute Gasteiger partial charge is 0.254 e. The van der Waals surface area contributed by atoms with Gasteiger partial charge in [0.1, 0.15) is 0 Å². The fourth-order valence-electron chi connectivity index (χ4n) is 1.81. The lowest BCUT2D eigenvalue weighted by molar-refractivity contribution is 0.0790. The fourth-order valence-corrected chi connectivity index (χ4v) is 1.81. The molecule has 0 bridgehead atoms. The zero-order valence-corrected chi connectivity index (χ0v) is 8.64. The molecule has 1 aliphatic heterocycles. The van der Waals surface area contributed by atoms with E-state index in [1.54, 1.807) is 4.90 Å². The lowest BCUT2D eigenvalue weighted by atomic mass is 10.2. The molecule has 2 heterocycles. The highest BCUT2D eigenvalue weighted by Gasteiger charge is 2.24. The van der Waals surface area contributed by atoms with Gasteiger partial charge in [0.2, 0.25) is 0 Å². The number of hydrogen-bond donors (Lipinski definition) is 3. The zero-order valence-electron chi connectivity index (χ0n) is 8.64. The molecular formula is C10H13N3O3. The first-order valence-corrected chi connectivity index (χ1v) is 5.04. The van der Waals surface area contributed by atoms with Gasteiger partial charge in [-0.2, -0.15) is 0 Å². The van der Waals surface area contributed by atoms with E-state index in [-0.39, 0.29) is 23.4 Å². The molecule has 86 valence electrons. The minimum atomic E-state index is -0.494. The van der Waals surface area contributed by atoms with Gasteiger partial charge < -0.3 is 15.7 Å². The Kier molecular flexibility index (Phi) is 2.66. The Balaban J connectivity index is 2.24. The first kappa shape index (κ1) is 10.7. The van der Waals surface area contributed by atoms with E-state index in [0.717, 1.165) is 6.42 Å². The van der Waals surface area contributed by atoms with Crippen LogP contribution in [0.25, 0.3) is 0 Å². The number of aromatic amines is 1. The number of aromatic hydroxyl groups is 1. The molecule has 4 N–H and O–H groups in total. The Morgan fingerprint density at radius 2 is 2.31 bits per heavy atom. The lowest BCUT2D eigenvalue weighted by Gasteiger charge is -2.15. The van der Waals surface area contributed by atoms with E-state index in [2.05, 4.69) is 4.98 Å². The van der Waals surface area contributed by atoms with Crippen molar-refractivity contribution in [1.29, 1.82) is 0 Å². The van der Waals surface area contributed by atoms with Crippen molar-refractivity contribution in [3.8, 4) is 5.88 Å². The summed E-state index contributed by atoms with van der Waals surface area (Å²) in [7, 11) is 0. The van der Waals surface area contributed by atoms with Gasteiger partial charge in [-0.3, -0.25) is 14.6 Å². The quantitative estimate of drug-likeness (QED) is 0.583. The zero-order chi connectivity index (χ0) is 11.7. The Labute approximate surface area is 91.7 Å². The molecule has 0 aromatic carbocycles. The van der Waals surface area contributed by atoms with Crippen molar-refractivity contribution in [3.63, 3.8) is 0 Å². The number of aromatic nitrogens is 1. The molecule has 0 saturated carbocycles. The Morgan fingerprint density at radius 1 is 1.56 bits per heavy atom. The SMILES string of the molecule is N[C@H]1CCN(C(=O)c2cc(O)[nH]c(=O)c2)C1. The highest BCUT2D eigenvalue weighted by Crippen LogP contribution is 2.13. The molecule has 1 amide bonds. The van der Waals surface area contributed by atoms with Gasteiger partial charge in [-0.05, 0) is 6.42 Å². The van der Waals surface area contributed by atoms with Crippen LogP contribution in [0.15, 0.2) is 16.9 Å². The summed E-state index contributed by atoms with van der Waals surface area (Å²) < 4.78 is 0. The van der Waals surface area contributed by atoms with Crippen molar-refractivity contribution in [3.05, 3.63) is 28.0 Å². The summed E-state index contributed by atoms with van der Waals surface area (Å²) >= 11 is 0. The highest BCUT2D eigenvalue weighted by atomic mass is 16.3. The minimum absolute atomic E-state index is 0.000423. The Hall–Kier alpha value is -1.82. The van der Waals surface area contributed by atoms with Crippen molar-refractivity contribution in [2.45, 2.75) is 12.5 Å². The molecule has 0 spiro atoms. The van der Waals surface area contributed by atoms with E-state index in [4.69, 9.17) is 5.73 Å². The van der Waals surface area contributed by atoms with Crippen LogP contribution in [0.5, 0.6) is 5.88 Å². The normalized spacial score (nSPS) is 20.1. The van der Waals surface area contributed by atoms with Crippen LogP contribution in [-0.2, 0) is 0 Å². The Bertz CT molecular complexity index is 469. The van der Waals surface area contributed by atoms with Gasteiger partial charge in [0.25, 0.3) is 11.5 Å². The molecular weight excluding hydrogens is 210 g/mol. The van der Waals surface area contributed by atoms with Gasteiger partial charge >= 0.3 is 0 Å². The lowest BCUT2D eigenvalue weighted by Crippen LogP contribution is -2.32. The second-order valence-electron chi connectivity index (χ2n) is 3.92. The number of hydrogen-bond acceptors (Lipinski definition) is 4. The van der Waals surface area contributed by atoms with Gasteiger partial charge in [0.15, 0.2) is 5.88 Å². The molecule has 1 aliphatic rings. The summed E-state index contributed by atoms with van der Waals surface area (Å²) in [6, 6.07) is 2.42. The number of carbonyl (C=O) groups excluding carboxylic acids is 1. The topological polar surface area (TPSA) is 99.4 Å². The number of nitrogens with two attached hydrogens (primary N) is 1. The van der Waals surface area contributed by atoms with Crippen LogP contribution in [0.3, 0.4) is 0 Å². The van der Waals surface area contributed by atoms with Crippen LogP contribution < -0.4 is 11.3 Å². The van der Waals surface area contributed by atoms with Crippen molar-refractivity contribution in [2.24, 2.45) is 5.73 Å². The molecule has 1 fully saturated rings. The summed E-state index contributed by atoms with van der Waals surface area (Å²) in [4.78, 5) is 26.7. The van der Waals surface area contributed by atoms with Crippen LogP contribution in [0.4, 0.5) is 0 Å². The monoisotopic (exact) mass is 223 g/mol. The molecule has 1 aromatic heterocycles. The largest absolute Gasteiger partial charge is 0.494 e. The molecule has 6 heteroatoms. The van der Waals surface area contributed by atoms with E-state index in [1.807, 2.05) is 0 Å². The molecule has 0 unspecified atom stereocenters. The van der Waals surface area contributed by atoms with Gasteiger partial charge in [-0.25, -0.2) is 0 Å². The molecule has 0 radical (unpaired) electrons. The first-order valence-electron chi connectivity index (χ1n) is 5.04. The number of carbonyl (C=O) groups is 1. The standard InChI is InChI=1S/C10H13N3O3/c11-7-1-2-13(5-7)10(16)6-3-8(14)12-9(15)4-6/h3-4,7H,1-2,5,11H2,(H2,12,14,15)/t7-/m0/s1. The van der Waals surface area contributed by atoms with E-state index < -0.39 is 5.56 Å². The van der Waals surface area contributed by atoms with Gasteiger partial charge in [-0.15, -0.1) is 0 Å². The number of amides is 1. The van der Waals surface area contributed by atoms with Crippen LogP contribution in [0.2, 0.25) is 0 Å². The highest BCUT2D eigenvalue weighted by molar-refractivity contribution is 5.94. The maximum Gasteiger partial charge on any atom is 0.254 e. The molecule has 6 nitrogen and oxygen atoms in total. The average Bonchev–Trinajstić information content (AvgIpc) is 2.62. The summed E-state index contributed by atoms with van der Waals surface area (Å²) in [5, 5.41) is 9.19. The van der Waals surface area contributed by atoms with E-state index in [0.29, 0.717) is 13.1 Å². The third kappa shape index (κ3) is 2.06. The molecule has 16 heavy (non-hydrogen) atoms. The summed E-state index contributed by atoms with van der Waals surface area (Å²) in [6.45, 7) is 1.08. The molecule has 0 aliphatic carbocycles. The summed E-state index contributed by atoms with van der Waals surface area (Å²) in [6.07, 6.45) is 0.765. The van der Waals surface area contributed by atoms with Crippen LogP contribution in [-0.4, -0.2) is 40.0 Å². The number of nitrogens with one attached hydrogen (secondary N) is 1. The maximum absolute atomic E-state index is 11.9. The molecule has 1 saturated heterocycles. The minimum Gasteiger partial charge on any atom is -0.494 e. The number of likely N-dealkylation sites (tertiary alicyclic amines) is 1. The molecule has 1 aromatic rings. The summed E-state index contributed by atoms with van der Waals surface area (Å²) in [5.41, 5.74) is 5.39. The predicted octanol–water partition coefficient (Wildman–Crippen LogP) is -0.746. The number of H-pyrrole nitrogens is 1. The van der Waals surface area contributed by atoms with Crippen molar-refractivity contribution < 1.29 is 9.90 Å². The van der Waals surface area contributed by atoms with Crippen LogP contribution in [0.1, 0.15) is 16.8 Å². The van der Waals surface area contributed by atoms with Gasteiger partial charge in [0, 0.05) is 31.3 Å². The maximum atomic E-state index is 11.9. The number of nitrogens with zero attached hydrogens (tertiary/aromatic N) is 1. The summed E-state index contributed by atoms with van der Waals surface area (Å²) in [5.74, 6) is -0.575. The van der Waals surface area contributed by atoms with Crippen molar-refractivity contribution in [1.82, 2.24) is 9.88 Å². The predicted molar refractivity (Wildman–Crippen MR) is 57.2 cm³/mol. The number of pyridine rings is 1. The molecule has 2 rings (SSSR count). The van der Waals surface area contributed by atoms with E-state index in [1.165, 1.54) is 12.1 Å². The first-order chi connectivity index (χ1) is 7.56. The van der Waals surface area contributed by atoms with Crippen molar-refractivity contribution >= 4 is 5.91 Å². The van der Waals surface area contributed by atoms with Crippen LogP contribution in [0, 0.1) is 0 Å². The van der Waals surface area contributed by atoms with Gasteiger partial charge in [0.05, 0.1) is 5.56 Å².